The molecule has 0 atom stereocenters. The monoisotopic (exact) mass is 356 g/mol. The third kappa shape index (κ3) is 2.48. The SMILES string of the molecule is Cc1cc(C)c(N=C2C(=O)Nc3cc(Br)c(C)cc32)c(C)c1. The van der Waals surface area contributed by atoms with E-state index in [2.05, 4.69) is 45.3 Å². The van der Waals surface area contributed by atoms with E-state index >= 15 is 0 Å². The third-order valence-electron chi connectivity index (χ3n) is 3.88. The number of halogens is 1. The van der Waals surface area contributed by atoms with Gasteiger partial charge in [0.2, 0.25) is 0 Å². The van der Waals surface area contributed by atoms with Crippen molar-refractivity contribution in [2.24, 2.45) is 4.99 Å². The molecule has 2 aromatic carbocycles. The number of hydrogen-bond donors (Lipinski definition) is 1. The normalized spacial score (nSPS) is 15.1. The van der Waals surface area contributed by atoms with Gasteiger partial charge in [0.25, 0.3) is 5.91 Å². The molecule has 0 saturated carbocycles. The van der Waals surface area contributed by atoms with Gasteiger partial charge >= 0.3 is 0 Å². The van der Waals surface area contributed by atoms with Crippen LogP contribution >= 0.6 is 15.9 Å². The van der Waals surface area contributed by atoms with E-state index in [9.17, 15) is 4.79 Å². The topological polar surface area (TPSA) is 41.5 Å². The summed E-state index contributed by atoms with van der Waals surface area (Å²) in [6, 6.07) is 8.11. The quantitative estimate of drug-likeness (QED) is 0.786. The lowest BCUT2D eigenvalue weighted by Crippen LogP contribution is -2.14. The van der Waals surface area contributed by atoms with Crippen molar-refractivity contribution in [2.45, 2.75) is 27.7 Å². The Kier molecular flexibility index (Phi) is 3.65. The average molecular weight is 357 g/mol. The van der Waals surface area contributed by atoms with E-state index in [1.165, 1.54) is 5.56 Å². The van der Waals surface area contributed by atoms with Crippen molar-refractivity contribution < 1.29 is 4.79 Å². The summed E-state index contributed by atoms with van der Waals surface area (Å²) < 4.78 is 0.982. The lowest BCUT2D eigenvalue weighted by molar-refractivity contribution is -0.110. The number of anilines is 1. The summed E-state index contributed by atoms with van der Waals surface area (Å²) in [4.78, 5) is 17.0. The highest BCUT2D eigenvalue weighted by molar-refractivity contribution is 9.10. The van der Waals surface area contributed by atoms with Crippen molar-refractivity contribution in [3.63, 3.8) is 0 Å². The maximum absolute atomic E-state index is 12.3. The number of nitrogens with one attached hydrogen (secondary N) is 1. The van der Waals surface area contributed by atoms with Gasteiger partial charge in [0.15, 0.2) is 0 Å². The number of carbonyl (C=O) groups excluding carboxylic acids is 1. The van der Waals surface area contributed by atoms with Gasteiger partial charge in [-0.15, -0.1) is 0 Å². The van der Waals surface area contributed by atoms with Crippen LogP contribution in [0.15, 0.2) is 33.7 Å². The number of carbonyl (C=O) groups is 1. The predicted molar refractivity (Wildman–Crippen MR) is 94.4 cm³/mol. The van der Waals surface area contributed by atoms with Crippen molar-refractivity contribution in [1.82, 2.24) is 0 Å². The van der Waals surface area contributed by atoms with E-state index in [1.54, 1.807) is 0 Å². The Balaban J connectivity index is 2.18. The lowest BCUT2D eigenvalue weighted by Gasteiger charge is -2.08. The van der Waals surface area contributed by atoms with Crippen molar-refractivity contribution in [2.75, 3.05) is 5.32 Å². The van der Waals surface area contributed by atoms with E-state index in [-0.39, 0.29) is 5.91 Å². The highest BCUT2D eigenvalue weighted by Gasteiger charge is 2.27. The molecular weight excluding hydrogens is 340 g/mol. The summed E-state index contributed by atoms with van der Waals surface area (Å²) in [7, 11) is 0. The van der Waals surface area contributed by atoms with E-state index in [1.807, 2.05) is 32.9 Å². The summed E-state index contributed by atoms with van der Waals surface area (Å²) in [5, 5.41) is 2.89. The van der Waals surface area contributed by atoms with Crippen LogP contribution in [0.5, 0.6) is 0 Å². The smallest absolute Gasteiger partial charge is 0.275 e. The maximum atomic E-state index is 12.3. The van der Waals surface area contributed by atoms with Gasteiger partial charge in [0.05, 0.1) is 11.4 Å². The number of amides is 1. The molecule has 4 heteroatoms. The Morgan fingerprint density at radius 2 is 1.59 bits per heavy atom. The molecule has 112 valence electrons. The summed E-state index contributed by atoms with van der Waals surface area (Å²) in [5.74, 6) is -0.146. The average Bonchev–Trinajstić information content (AvgIpc) is 2.70. The highest BCUT2D eigenvalue weighted by Crippen LogP contribution is 2.33. The standard InChI is InChI=1S/C18H17BrN2O/c1-9-5-11(3)16(12(4)6-9)21-17-13-7-10(2)14(19)8-15(13)20-18(17)22/h5-8H,1-4H3,(H,20,21,22). The molecule has 2 aromatic rings. The molecule has 3 rings (SSSR count). The first-order chi connectivity index (χ1) is 10.4. The second-order valence-corrected chi connectivity index (χ2v) is 6.66. The summed E-state index contributed by atoms with van der Waals surface area (Å²) >= 11 is 3.50. The molecular formula is C18H17BrN2O. The minimum Gasteiger partial charge on any atom is -0.320 e. The number of aliphatic imine (C=N–C) groups is 1. The van der Waals surface area contributed by atoms with Crippen molar-refractivity contribution in [3.8, 4) is 0 Å². The molecule has 0 aromatic heterocycles. The van der Waals surface area contributed by atoms with Crippen LogP contribution in [0.2, 0.25) is 0 Å². The molecule has 1 amide bonds. The van der Waals surface area contributed by atoms with Crippen LogP contribution in [0.4, 0.5) is 11.4 Å². The predicted octanol–water partition coefficient (Wildman–Crippen LogP) is 4.76. The van der Waals surface area contributed by atoms with Gasteiger partial charge in [-0.25, -0.2) is 4.99 Å². The third-order valence-corrected chi connectivity index (χ3v) is 4.73. The second-order valence-electron chi connectivity index (χ2n) is 5.81. The number of hydrogen-bond acceptors (Lipinski definition) is 2. The van der Waals surface area contributed by atoms with Gasteiger partial charge in [-0.3, -0.25) is 4.79 Å². The Morgan fingerprint density at radius 3 is 2.23 bits per heavy atom. The molecule has 0 fully saturated rings. The Labute approximate surface area is 138 Å². The summed E-state index contributed by atoms with van der Waals surface area (Å²) in [5.41, 5.74) is 7.49. The molecule has 0 radical (unpaired) electrons. The van der Waals surface area contributed by atoms with E-state index in [4.69, 9.17) is 0 Å². The minimum atomic E-state index is -0.146. The zero-order valence-electron chi connectivity index (χ0n) is 13.0. The zero-order valence-corrected chi connectivity index (χ0v) is 14.6. The van der Waals surface area contributed by atoms with E-state index < -0.39 is 0 Å². The van der Waals surface area contributed by atoms with Crippen molar-refractivity contribution in [1.29, 1.82) is 0 Å². The van der Waals surface area contributed by atoms with Crippen LogP contribution in [-0.4, -0.2) is 11.6 Å². The van der Waals surface area contributed by atoms with Gasteiger partial charge < -0.3 is 5.32 Å². The van der Waals surface area contributed by atoms with Gasteiger partial charge in [0, 0.05) is 10.0 Å². The molecule has 22 heavy (non-hydrogen) atoms. The van der Waals surface area contributed by atoms with Crippen molar-refractivity contribution >= 4 is 38.9 Å². The van der Waals surface area contributed by atoms with Crippen LogP contribution in [-0.2, 0) is 4.79 Å². The van der Waals surface area contributed by atoms with Crippen LogP contribution in [0.1, 0.15) is 27.8 Å². The number of rotatable bonds is 1. The lowest BCUT2D eigenvalue weighted by atomic mass is 10.0. The Bertz CT molecular complexity index is 814. The van der Waals surface area contributed by atoms with Crippen LogP contribution in [0.3, 0.4) is 0 Å². The van der Waals surface area contributed by atoms with Crippen LogP contribution in [0, 0.1) is 27.7 Å². The second kappa shape index (κ2) is 5.36. The first kappa shape index (κ1) is 15.0. The minimum absolute atomic E-state index is 0.146. The zero-order chi connectivity index (χ0) is 16.0. The number of aryl methyl sites for hydroxylation is 4. The summed E-state index contributed by atoms with van der Waals surface area (Å²) in [6.45, 7) is 8.13. The molecule has 1 N–H and O–H groups in total. The fraction of sp³-hybridized carbons (Fsp3) is 0.222. The maximum Gasteiger partial charge on any atom is 0.275 e. The number of nitrogens with zero attached hydrogens (tertiary/aromatic N) is 1. The molecule has 3 nitrogen and oxygen atoms in total. The molecule has 1 aliphatic rings. The largest absolute Gasteiger partial charge is 0.320 e. The first-order valence-electron chi connectivity index (χ1n) is 7.15. The molecule has 0 aliphatic carbocycles. The van der Waals surface area contributed by atoms with Gasteiger partial charge in [-0.1, -0.05) is 33.6 Å². The molecule has 1 aliphatic heterocycles. The Morgan fingerprint density at radius 1 is 0.955 bits per heavy atom. The number of benzene rings is 2. The van der Waals surface area contributed by atoms with Gasteiger partial charge in [-0.2, -0.15) is 0 Å². The molecule has 0 bridgehead atoms. The molecule has 0 spiro atoms. The van der Waals surface area contributed by atoms with E-state index in [0.717, 1.165) is 38.1 Å². The number of fused-ring (bicyclic) bond motifs is 1. The van der Waals surface area contributed by atoms with Crippen LogP contribution < -0.4 is 5.32 Å². The fourth-order valence-electron chi connectivity index (χ4n) is 2.86. The van der Waals surface area contributed by atoms with Crippen molar-refractivity contribution in [3.05, 3.63) is 56.6 Å². The van der Waals surface area contributed by atoms with Gasteiger partial charge in [-0.05, 0) is 56.5 Å². The summed E-state index contributed by atoms with van der Waals surface area (Å²) in [6.07, 6.45) is 0. The fourth-order valence-corrected chi connectivity index (χ4v) is 3.20. The highest BCUT2D eigenvalue weighted by atomic mass is 79.9. The molecule has 0 saturated heterocycles. The van der Waals surface area contributed by atoms with Gasteiger partial charge in [0.1, 0.15) is 5.71 Å². The first-order valence-corrected chi connectivity index (χ1v) is 7.94. The Hall–Kier alpha value is -1.94. The van der Waals surface area contributed by atoms with E-state index in [0.29, 0.717) is 5.71 Å². The molecule has 0 unspecified atom stereocenters. The van der Waals surface area contributed by atoms with Crippen LogP contribution in [0.25, 0.3) is 0 Å². The molecule has 1 heterocycles.